The third kappa shape index (κ3) is 2.80. The zero-order valence-corrected chi connectivity index (χ0v) is 11.8. The summed E-state index contributed by atoms with van der Waals surface area (Å²) in [4.78, 5) is 15.0. The summed E-state index contributed by atoms with van der Waals surface area (Å²) < 4.78 is 28.1. The average Bonchev–Trinajstić information content (AvgIpc) is 2.71. The molecule has 0 aliphatic carbocycles. The molecule has 20 heavy (non-hydrogen) atoms. The van der Waals surface area contributed by atoms with Crippen LogP contribution >= 0.6 is 0 Å². The van der Waals surface area contributed by atoms with E-state index in [1.807, 2.05) is 6.92 Å². The van der Waals surface area contributed by atoms with Gasteiger partial charge in [0, 0.05) is 19.4 Å². The summed E-state index contributed by atoms with van der Waals surface area (Å²) in [5, 5.41) is 0. The molecule has 0 saturated heterocycles. The first-order valence-corrected chi connectivity index (χ1v) is 7.19. The number of sulfonamides is 1. The molecule has 0 aliphatic heterocycles. The molecule has 0 radical (unpaired) electrons. The van der Waals surface area contributed by atoms with Crippen LogP contribution in [0.2, 0.25) is 0 Å². The standard InChI is InChI=1S/C12H14N4O3S/c1-8-3-4-14-11(5-8)15-20(18,19)9-6-10(12(13)17)16(2)7-9/h3-7H,1-2H3,(H2,13,17)(H,14,15). The Morgan fingerprint density at radius 2 is 2.10 bits per heavy atom. The van der Waals surface area contributed by atoms with Crippen LogP contribution in [0.3, 0.4) is 0 Å². The second-order valence-electron chi connectivity index (χ2n) is 4.36. The molecule has 0 bridgehead atoms. The average molecular weight is 294 g/mol. The Bertz CT molecular complexity index is 765. The normalized spacial score (nSPS) is 11.3. The van der Waals surface area contributed by atoms with Crippen LogP contribution in [0.5, 0.6) is 0 Å². The van der Waals surface area contributed by atoms with Crippen molar-refractivity contribution >= 4 is 21.7 Å². The molecule has 0 aromatic carbocycles. The lowest BCUT2D eigenvalue weighted by Gasteiger charge is -2.05. The molecule has 8 heteroatoms. The lowest BCUT2D eigenvalue weighted by molar-refractivity contribution is 0.0992. The molecule has 2 rings (SSSR count). The van der Waals surface area contributed by atoms with Crippen molar-refractivity contribution in [3.8, 4) is 0 Å². The van der Waals surface area contributed by atoms with Gasteiger partial charge < -0.3 is 10.3 Å². The topological polar surface area (TPSA) is 107 Å². The molecule has 2 aromatic heterocycles. The lowest BCUT2D eigenvalue weighted by atomic mass is 10.3. The number of anilines is 1. The first-order chi connectivity index (χ1) is 9.29. The van der Waals surface area contributed by atoms with Crippen molar-refractivity contribution < 1.29 is 13.2 Å². The number of aromatic nitrogens is 2. The number of amides is 1. The number of nitrogens with zero attached hydrogens (tertiary/aromatic N) is 2. The lowest BCUT2D eigenvalue weighted by Crippen LogP contribution is -2.14. The van der Waals surface area contributed by atoms with Crippen LogP contribution in [-0.4, -0.2) is 23.9 Å². The fourth-order valence-electron chi connectivity index (χ4n) is 1.71. The van der Waals surface area contributed by atoms with E-state index in [-0.39, 0.29) is 16.4 Å². The number of hydrogen-bond acceptors (Lipinski definition) is 4. The fraction of sp³-hybridized carbons (Fsp3) is 0.167. The Labute approximate surface area is 116 Å². The maximum Gasteiger partial charge on any atom is 0.265 e. The molecule has 1 amide bonds. The predicted molar refractivity (Wildman–Crippen MR) is 73.7 cm³/mol. The molecule has 2 heterocycles. The molecule has 2 aromatic rings. The van der Waals surface area contributed by atoms with Gasteiger partial charge in [-0.2, -0.15) is 0 Å². The molecular formula is C12H14N4O3S. The van der Waals surface area contributed by atoms with Gasteiger partial charge >= 0.3 is 0 Å². The van der Waals surface area contributed by atoms with Gasteiger partial charge in [-0.3, -0.25) is 9.52 Å². The van der Waals surface area contributed by atoms with E-state index in [2.05, 4.69) is 9.71 Å². The van der Waals surface area contributed by atoms with Crippen LogP contribution in [-0.2, 0) is 17.1 Å². The second-order valence-corrected chi connectivity index (χ2v) is 6.04. The van der Waals surface area contributed by atoms with Crippen LogP contribution in [0, 0.1) is 6.92 Å². The minimum absolute atomic E-state index is 0.0443. The summed E-state index contributed by atoms with van der Waals surface area (Å²) in [6.45, 7) is 1.83. The molecule has 0 fully saturated rings. The number of nitrogens with one attached hydrogen (secondary N) is 1. The van der Waals surface area contributed by atoms with Crippen molar-refractivity contribution in [1.29, 1.82) is 0 Å². The number of hydrogen-bond donors (Lipinski definition) is 2. The Morgan fingerprint density at radius 3 is 2.65 bits per heavy atom. The molecule has 7 nitrogen and oxygen atoms in total. The highest BCUT2D eigenvalue weighted by Gasteiger charge is 2.20. The van der Waals surface area contributed by atoms with E-state index >= 15 is 0 Å². The van der Waals surface area contributed by atoms with Crippen molar-refractivity contribution in [2.45, 2.75) is 11.8 Å². The van der Waals surface area contributed by atoms with Gasteiger partial charge in [0.05, 0.1) is 0 Å². The van der Waals surface area contributed by atoms with Gasteiger partial charge in [0.15, 0.2) is 0 Å². The highest BCUT2D eigenvalue weighted by molar-refractivity contribution is 7.92. The van der Waals surface area contributed by atoms with E-state index in [0.29, 0.717) is 0 Å². The minimum atomic E-state index is -3.81. The number of aryl methyl sites for hydroxylation is 2. The van der Waals surface area contributed by atoms with Gasteiger partial charge in [-0.15, -0.1) is 0 Å². The van der Waals surface area contributed by atoms with Gasteiger partial charge in [0.2, 0.25) is 0 Å². The largest absolute Gasteiger partial charge is 0.364 e. The minimum Gasteiger partial charge on any atom is -0.364 e. The smallest absolute Gasteiger partial charge is 0.265 e. The summed E-state index contributed by atoms with van der Waals surface area (Å²) in [5.41, 5.74) is 6.15. The third-order valence-corrected chi connectivity index (χ3v) is 4.02. The van der Waals surface area contributed by atoms with Gasteiger partial charge in [0.25, 0.3) is 15.9 Å². The monoisotopic (exact) mass is 294 g/mol. The summed E-state index contributed by atoms with van der Waals surface area (Å²) in [6, 6.07) is 4.58. The number of pyridine rings is 1. The maximum absolute atomic E-state index is 12.2. The summed E-state index contributed by atoms with van der Waals surface area (Å²) in [6.07, 6.45) is 2.82. The van der Waals surface area contributed by atoms with E-state index in [0.717, 1.165) is 5.56 Å². The van der Waals surface area contributed by atoms with Gasteiger partial charge in [-0.1, -0.05) is 0 Å². The number of nitrogens with two attached hydrogens (primary N) is 1. The van der Waals surface area contributed by atoms with Crippen LogP contribution in [0.15, 0.2) is 35.5 Å². The summed E-state index contributed by atoms with van der Waals surface area (Å²) >= 11 is 0. The number of carbonyl (C=O) groups excluding carboxylic acids is 1. The van der Waals surface area contributed by atoms with Gasteiger partial charge in [-0.25, -0.2) is 13.4 Å². The second kappa shape index (κ2) is 4.97. The van der Waals surface area contributed by atoms with E-state index < -0.39 is 15.9 Å². The Kier molecular flexibility index (Phi) is 3.49. The molecule has 0 atom stereocenters. The SMILES string of the molecule is Cc1ccnc(NS(=O)(=O)c2cc(C(N)=O)n(C)c2)c1. The molecule has 0 saturated carbocycles. The van der Waals surface area contributed by atoms with Gasteiger partial charge in [0.1, 0.15) is 16.4 Å². The van der Waals surface area contributed by atoms with E-state index in [1.165, 1.54) is 23.0 Å². The zero-order valence-electron chi connectivity index (χ0n) is 11.0. The number of primary amides is 1. The van der Waals surface area contributed by atoms with E-state index in [4.69, 9.17) is 5.73 Å². The van der Waals surface area contributed by atoms with E-state index in [1.54, 1.807) is 19.2 Å². The molecular weight excluding hydrogens is 280 g/mol. The number of rotatable bonds is 4. The molecule has 0 aliphatic rings. The third-order valence-electron chi connectivity index (χ3n) is 2.70. The molecule has 0 unspecified atom stereocenters. The van der Waals surface area contributed by atoms with Crippen molar-refractivity contribution in [3.63, 3.8) is 0 Å². The van der Waals surface area contributed by atoms with Crippen molar-refractivity contribution in [3.05, 3.63) is 41.9 Å². The summed E-state index contributed by atoms with van der Waals surface area (Å²) in [5.74, 6) is -0.475. The van der Waals surface area contributed by atoms with Crippen molar-refractivity contribution in [1.82, 2.24) is 9.55 Å². The van der Waals surface area contributed by atoms with Gasteiger partial charge in [-0.05, 0) is 30.7 Å². The first-order valence-electron chi connectivity index (χ1n) is 5.71. The zero-order chi connectivity index (χ0) is 14.9. The molecule has 106 valence electrons. The number of carbonyl (C=O) groups is 1. The van der Waals surface area contributed by atoms with Crippen LogP contribution in [0.4, 0.5) is 5.82 Å². The first kappa shape index (κ1) is 14.1. The summed E-state index contributed by atoms with van der Waals surface area (Å²) in [7, 11) is -2.26. The highest BCUT2D eigenvalue weighted by Crippen LogP contribution is 2.17. The van der Waals surface area contributed by atoms with E-state index in [9.17, 15) is 13.2 Å². The predicted octanol–water partition coefficient (Wildman–Crippen LogP) is 0.628. The Hall–Kier alpha value is -2.35. The quantitative estimate of drug-likeness (QED) is 0.862. The Balaban J connectivity index is 2.36. The van der Waals surface area contributed by atoms with Crippen LogP contribution in [0.1, 0.15) is 16.1 Å². The van der Waals surface area contributed by atoms with Crippen molar-refractivity contribution in [2.24, 2.45) is 12.8 Å². The van der Waals surface area contributed by atoms with Crippen LogP contribution < -0.4 is 10.5 Å². The Morgan fingerprint density at radius 1 is 1.40 bits per heavy atom. The highest BCUT2D eigenvalue weighted by atomic mass is 32.2. The molecule has 3 N–H and O–H groups in total. The van der Waals surface area contributed by atoms with Crippen LogP contribution in [0.25, 0.3) is 0 Å². The maximum atomic E-state index is 12.2. The van der Waals surface area contributed by atoms with Crippen molar-refractivity contribution in [2.75, 3.05) is 4.72 Å². The fourth-order valence-corrected chi connectivity index (χ4v) is 2.78. The molecule has 0 spiro atoms.